The van der Waals surface area contributed by atoms with E-state index in [1.165, 1.54) is 12.5 Å². The van der Waals surface area contributed by atoms with Gasteiger partial charge in [-0.05, 0) is 30.9 Å². The third-order valence-corrected chi connectivity index (χ3v) is 4.45. The summed E-state index contributed by atoms with van der Waals surface area (Å²) in [6.07, 6.45) is 4.16. The fraction of sp³-hybridized carbons (Fsp3) is 0.529. The Hall–Kier alpha value is -1.36. The van der Waals surface area contributed by atoms with Gasteiger partial charge in [0.1, 0.15) is 6.04 Å². The van der Waals surface area contributed by atoms with Crippen LogP contribution in [0.25, 0.3) is 0 Å². The molecule has 0 unspecified atom stereocenters. The lowest BCUT2D eigenvalue weighted by Crippen LogP contribution is -2.37. The molecule has 0 bridgehead atoms. The predicted molar refractivity (Wildman–Crippen MR) is 92.4 cm³/mol. The van der Waals surface area contributed by atoms with E-state index < -0.39 is 6.04 Å². The Balaban J connectivity index is 2.31. The fourth-order valence-corrected chi connectivity index (χ4v) is 3.07. The molecule has 5 heteroatoms. The number of alkyl halides is 1. The molecule has 22 heavy (non-hydrogen) atoms. The van der Waals surface area contributed by atoms with Gasteiger partial charge in [-0.3, -0.25) is 9.59 Å². The zero-order valence-corrected chi connectivity index (χ0v) is 14.8. The molecule has 1 heterocycles. The number of benzene rings is 1. The summed E-state index contributed by atoms with van der Waals surface area (Å²) in [7, 11) is 0. The molecule has 0 spiro atoms. The van der Waals surface area contributed by atoms with Gasteiger partial charge >= 0.3 is 0 Å². The molecule has 1 aromatic rings. The Kier molecular flexibility index (Phi) is 6.00. The van der Waals surface area contributed by atoms with Crippen molar-refractivity contribution < 1.29 is 9.59 Å². The quantitative estimate of drug-likeness (QED) is 0.752. The van der Waals surface area contributed by atoms with Gasteiger partial charge in [-0.25, -0.2) is 0 Å². The van der Waals surface area contributed by atoms with Gasteiger partial charge in [-0.2, -0.15) is 0 Å². The second kappa shape index (κ2) is 7.77. The van der Waals surface area contributed by atoms with E-state index in [1.54, 1.807) is 4.90 Å². The van der Waals surface area contributed by atoms with E-state index in [2.05, 4.69) is 40.3 Å². The van der Waals surface area contributed by atoms with Gasteiger partial charge in [0.15, 0.2) is 0 Å². The third-order valence-electron chi connectivity index (χ3n) is 3.89. The van der Waals surface area contributed by atoms with Crippen LogP contribution in [0.3, 0.4) is 0 Å². The predicted octanol–water partition coefficient (Wildman–Crippen LogP) is 3.34. The average Bonchev–Trinajstić information content (AvgIpc) is 2.75. The lowest BCUT2D eigenvalue weighted by atomic mass is 10.0. The number of anilines is 1. The van der Waals surface area contributed by atoms with E-state index in [4.69, 9.17) is 0 Å². The maximum Gasteiger partial charge on any atom is 0.254 e. The van der Waals surface area contributed by atoms with Crippen LogP contribution in [-0.2, 0) is 16.0 Å². The number of fused-ring (bicyclic) bond motifs is 1. The number of carbonyl (C=O) groups is 2. The number of carbonyl (C=O) groups excluding carboxylic acids is 2. The summed E-state index contributed by atoms with van der Waals surface area (Å²) in [5.74, 6) is -0.204. The van der Waals surface area contributed by atoms with Crippen LogP contribution in [0, 0.1) is 0 Å². The minimum atomic E-state index is -0.538. The largest absolute Gasteiger partial charge is 0.341 e. The summed E-state index contributed by atoms with van der Waals surface area (Å²) in [4.78, 5) is 25.9. The summed E-state index contributed by atoms with van der Waals surface area (Å²) in [6, 6.07) is 5.66. The van der Waals surface area contributed by atoms with Crippen molar-refractivity contribution in [3.05, 3.63) is 29.3 Å². The van der Waals surface area contributed by atoms with Crippen molar-refractivity contribution in [3.63, 3.8) is 0 Å². The third kappa shape index (κ3) is 3.69. The fourth-order valence-electron chi connectivity index (χ4n) is 2.82. The van der Waals surface area contributed by atoms with Crippen LogP contribution in [0.15, 0.2) is 18.2 Å². The molecule has 0 saturated carbocycles. The molecule has 4 nitrogen and oxygen atoms in total. The number of hydrogen-bond acceptors (Lipinski definition) is 2. The van der Waals surface area contributed by atoms with Crippen molar-refractivity contribution in [2.24, 2.45) is 0 Å². The first-order chi connectivity index (χ1) is 10.6. The Morgan fingerprint density at radius 1 is 1.36 bits per heavy atom. The zero-order valence-electron chi connectivity index (χ0n) is 13.2. The molecular weight excluding hydrogens is 344 g/mol. The highest BCUT2D eigenvalue weighted by Crippen LogP contribution is 2.37. The standard InChI is InChI=1S/C17H23BrN2O2/c1-3-4-6-13-7-8-15-14(11-13)16(19-12(2)21)17(22)20(15)10-5-9-18/h7-8,11,16H,3-6,9-10H2,1-2H3,(H,19,21)/t16-/m0/s1. The van der Waals surface area contributed by atoms with Gasteiger partial charge in [0.05, 0.1) is 0 Å². The zero-order chi connectivity index (χ0) is 16.1. The monoisotopic (exact) mass is 366 g/mol. The van der Waals surface area contributed by atoms with Crippen molar-refractivity contribution in [2.45, 2.75) is 45.6 Å². The van der Waals surface area contributed by atoms with E-state index in [9.17, 15) is 9.59 Å². The Morgan fingerprint density at radius 3 is 2.77 bits per heavy atom. The van der Waals surface area contributed by atoms with Gasteiger partial charge in [-0.15, -0.1) is 0 Å². The molecule has 0 aliphatic carbocycles. The lowest BCUT2D eigenvalue weighted by molar-refractivity contribution is -0.126. The number of nitrogens with zero attached hydrogens (tertiary/aromatic N) is 1. The van der Waals surface area contributed by atoms with Crippen LogP contribution >= 0.6 is 15.9 Å². The molecule has 1 aromatic carbocycles. The molecule has 120 valence electrons. The van der Waals surface area contributed by atoms with E-state index in [1.807, 2.05) is 6.07 Å². The molecule has 2 amide bonds. The molecule has 1 N–H and O–H groups in total. The Bertz CT molecular complexity index is 560. The summed E-state index contributed by atoms with van der Waals surface area (Å²) in [5, 5.41) is 3.65. The van der Waals surface area contributed by atoms with Crippen LogP contribution < -0.4 is 10.2 Å². The lowest BCUT2D eigenvalue weighted by Gasteiger charge is -2.17. The van der Waals surface area contributed by atoms with E-state index in [0.29, 0.717) is 6.54 Å². The number of halogens is 1. The van der Waals surface area contributed by atoms with Crippen molar-refractivity contribution >= 4 is 33.4 Å². The van der Waals surface area contributed by atoms with E-state index in [0.717, 1.165) is 42.3 Å². The van der Waals surface area contributed by atoms with E-state index >= 15 is 0 Å². The highest BCUT2D eigenvalue weighted by atomic mass is 79.9. The van der Waals surface area contributed by atoms with Crippen LogP contribution in [0.2, 0.25) is 0 Å². The van der Waals surface area contributed by atoms with Gasteiger partial charge in [-0.1, -0.05) is 41.4 Å². The number of amides is 2. The average molecular weight is 367 g/mol. The Morgan fingerprint density at radius 2 is 2.14 bits per heavy atom. The normalized spacial score (nSPS) is 16.8. The topological polar surface area (TPSA) is 49.4 Å². The van der Waals surface area contributed by atoms with Crippen molar-refractivity contribution in [3.8, 4) is 0 Å². The number of aryl methyl sites for hydroxylation is 1. The van der Waals surface area contributed by atoms with Gasteiger partial charge < -0.3 is 10.2 Å². The smallest absolute Gasteiger partial charge is 0.254 e. The van der Waals surface area contributed by atoms with Crippen LogP contribution in [0.1, 0.15) is 50.3 Å². The summed E-state index contributed by atoms with van der Waals surface area (Å²) in [6.45, 7) is 4.29. The number of unbranched alkanes of at least 4 members (excludes halogenated alkanes) is 1. The molecular formula is C17H23BrN2O2. The number of rotatable bonds is 7. The maximum absolute atomic E-state index is 12.6. The van der Waals surface area contributed by atoms with Crippen molar-refractivity contribution in [1.82, 2.24) is 5.32 Å². The molecule has 0 saturated heterocycles. The van der Waals surface area contributed by atoms with Gasteiger partial charge in [0.25, 0.3) is 5.91 Å². The minimum absolute atomic E-state index is 0.0289. The molecule has 1 aliphatic rings. The maximum atomic E-state index is 12.6. The number of nitrogens with one attached hydrogen (secondary N) is 1. The van der Waals surface area contributed by atoms with Crippen LogP contribution in [-0.4, -0.2) is 23.7 Å². The summed E-state index contributed by atoms with van der Waals surface area (Å²) < 4.78 is 0. The first-order valence-corrected chi connectivity index (χ1v) is 8.98. The highest BCUT2D eigenvalue weighted by Gasteiger charge is 2.37. The summed E-state index contributed by atoms with van der Waals surface area (Å²) in [5.41, 5.74) is 3.10. The second-order valence-corrected chi connectivity index (χ2v) is 6.46. The first kappa shape index (κ1) is 17.0. The first-order valence-electron chi connectivity index (χ1n) is 7.85. The van der Waals surface area contributed by atoms with Gasteiger partial charge in [0.2, 0.25) is 5.91 Å². The molecule has 1 aliphatic heterocycles. The van der Waals surface area contributed by atoms with Gasteiger partial charge in [0, 0.05) is 30.0 Å². The second-order valence-electron chi connectivity index (χ2n) is 5.66. The SMILES string of the molecule is CCCCc1ccc2c(c1)[C@H](NC(C)=O)C(=O)N2CCCBr. The number of hydrogen-bond donors (Lipinski definition) is 1. The molecule has 1 atom stereocenters. The van der Waals surface area contributed by atoms with Crippen molar-refractivity contribution in [2.75, 3.05) is 16.8 Å². The molecule has 0 radical (unpaired) electrons. The molecule has 0 fully saturated rings. The molecule has 2 rings (SSSR count). The van der Waals surface area contributed by atoms with Crippen LogP contribution in [0.4, 0.5) is 5.69 Å². The minimum Gasteiger partial charge on any atom is -0.341 e. The van der Waals surface area contributed by atoms with Crippen LogP contribution in [0.5, 0.6) is 0 Å². The van der Waals surface area contributed by atoms with Crippen molar-refractivity contribution in [1.29, 1.82) is 0 Å². The van der Waals surface area contributed by atoms with E-state index in [-0.39, 0.29) is 11.8 Å². The molecule has 0 aromatic heterocycles. The summed E-state index contributed by atoms with van der Waals surface area (Å²) >= 11 is 3.40. The highest BCUT2D eigenvalue weighted by molar-refractivity contribution is 9.09. The Labute approximate surface area is 140 Å².